The highest BCUT2D eigenvalue weighted by molar-refractivity contribution is 5.79. The number of rotatable bonds is 4. The number of hydrogen-bond acceptors (Lipinski definition) is 4. The number of carboxylic acid groups (broad SMARTS) is 1. The fourth-order valence-corrected chi connectivity index (χ4v) is 3.66. The molecule has 3 rings (SSSR count). The molecule has 1 aromatic rings. The normalized spacial score (nSPS) is 24.5. The number of aliphatic carboxylic acids is 1. The SMILES string of the molecule is CCC(NC(=O)N1CCC(C)(C(=O)O)C1)c1nnc2n1CCCCC2. The zero-order chi connectivity index (χ0) is 18.0. The second-order valence-electron chi connectivity index (χ2n) is 7.38. The molecule has 1 saturated heterocycles. The largest absolute Gasteiger partial charge is 0.481 e. The van der Waals surface area contributed by atoms with Crippen LogP contribution in [0.2, 0.25) is 0 Å². The smallest absolute Gasteiger partial charge is 0.318 e. The van der Waals surface area contributed by atoms with Gasteiger partial charge in [0.2, 0.25) is 0 Å². The number of nitrogens with one attached hydrogen (secondary N) is 1. The number of aryl methyl sites for hydroxylation is 1. The fraction of sp³-hybridized carbons (Fsp3) is 0.765. The molecule has 0 aromatic carbocycles. The number of nitrogens with zero attached hydrogens (tertiary/aromatic N) is 4. The van der Waals surface area contributed by atoms with Crippen LogP contribution in [0.1, 0.15) is 63.6 Å². The van der Waals surface area contributed by atoms with Gasteiger partial charge in [-0.25, -0.2) is 4.79 Å². The predicted octanol–water partition coefficient (Wildman–Crippen LogP) is 1.96. The molecule has 2 unspecified atom stereocenters. The summed E-state index contributed by atoms with van der Waals surface area (Å²) in [5.41, 5.74) is -0.856. The van der Waals surface area contributed by atoms with Crippen LogP contribution in [0.3, 0.4) is 0 Å². The van der Waals surface area contributed by atoms with Gasteiger partial charge in [-0.1, -0.05) is 13.3 Å². The summed E-state index contributed by atoms with van der Waals surface area (Å²) in [5, 5.41) is 21.0. The second-order valence-corrected chi connectivity index (χ2v) is 7.38. The molecular weight excluding hydrogens is 322 g/mol. The van der Waals surface area contributed by atoms with Crippen LogP contribution in [0.4, 0.5) is 4.79 Å². The Morgan fingerprint density at radius 1 is 1.28 bits per heavy atom. The van der Waals surface area contributed by atoms with E-state index >= 15 is 0 Å². The third kappa shape index (κ3) is 3.48. The molecule has 1 aromatic heterocycles. The topological polar surface area (TPSA) is 100 Å². The van der Waals surface area contributed by atoms with Crippen molar-refractivity contribution in [2.45, 2.75) is 65.0 Å². The van der Waals surface area contributed by atoms with Crippen molar-refractivity contribution in [1.29, 1.82) is 0 Å². The zero-order valence-electron chi connectivity index (χ0n) is 15.0. The van der Waals surface area contributed by atoms with E-state index in [9.17, 15) is 14.7 Å². The lowest BCUT2D eigenvalue weighted by atomic mass is 9.90. The molecule has 0 radical (unpaired) electrons. The Bertz CT molecular complexity index is 659. The van der Waals surface area contributed by atoms with Gasteiger partial charge in [0.15, 0.2) is 5.82 Å². The summed E-state index contributed by atoms with van der Waals surface area (Å²) in [7, 11) is 0. The molecule has 0 spiro atoms. The van der Waals surface area contributed by atoms with Crippen molar-refractivity contribution < 1.29 is 14.7 Å². The van der Waals surface area contributed by atoms with E-state index in [2.05, 4.69) is 20.1 Å². The number of urea groups is 1. The zero-order valence-corrected chi connectivity index (χ0v) is 15.0. The first-order chi connectivity index (χ1) is 11.9. The Hall–Kier alpha value is -2.12. The van der Waals surface area contributed by atoms with Gasteiger partial charge in [0, 0.05) is 26.1 Å². The monoisotopic (exact) mass is 349 g/mol. The van der Waals surface area contributed by atoms with Crippen LogP contribution in [-0.2, 0) is 17.8 Å². The summed E-state index contributed by atoms with van der Waals surface area (Å²) in [6.45, 7) is 5.29. The third-order valence-electron chi connectivity index (χ3n) is 5.43. The van der Waals surface area contributed by atoms with E-state index in [0.29, 0.717) is 19.4 Å². The Morgan fingerprint density at radius 3 is 2.76 bits per heavy atom. The predicted molar refractivity (Wildman–Crippen MR) is 91.1 cm³/mol. The summed E-state index contributed by atoms with van der Waals surface area (Å²) in [6, 6.07) is -0.425. The minimum Gasteiger partial charge on any atom is -0.481 e. The average molecular weight is 349 g/mol. The first-order valence-corrected chi connectivity index (χ1v) is 9.15. The molecule has 25 heavy (non-hydrogen) atoms. The Kier molecular flexibility index (Phi) is 4.96. The first kappa shape index (κ1) is 17.7. The van der Waals surface area contributed by atoms with Gasteiger partial charge in [-0.3, -0.25) is 4.79 Å². The molecule has 2 N–H and O–H groups in total. The lowest BCUT2D eigenvalue weighted by Crippen LogP contribution is -2.42. The Balaban J connectivity index is 1.70. The van der Waals surface area contributed by atoms with Crippen molar-refractivity contribution in [2.24, 2.45) is 5.41 Å². The molecule has 0 saturated carbocycles. The summed E-state index contributed by atoms with van der Waals surface area (Å²) in [5.74, 6) is 0.963. The highest BCUT2D eigenvalue weighted by Crippen LogP contribution is 2.30. The van der Waals surface area contributed by atoms with Crippen molar-refractivity contribution in [1.82, 2.24) is 25.0 Å². The number of hydrogen-bond donors (Lipinski definition) is 2. The number of aromatic nitrogens is 3. The van der Waals surface area contributed by atoms with E-state index in [0.717, 1.165) is 37.5 Å². The minimum absolute atomic E-state index is 0.205. The van der Waals surface area contributed by atoms with E-state index in [1.165, 1.54) is 6.42 Å². The molecule has 8 nitrogen and oxygen atoms in total. The number of carboxylic acids is 1. The summed E-state index contributed by atoms with van der Waals surface area (Å²) < 4.78 is 2.15. The van der Waals surface area contributed by atoms with Gasteiger partial charge < -0.3 is 19.9 Å². The minimum atomic E-state index is -0.856. The molecule has 2 amide bonds. The van der Waals surface area contributed by atoms with Crippen LogP contribution in [-0.4, -0.2) is 49.9 Å². The molecular formula is C17H27N5O3. The Morgan fingerprint density at radius 2 is 2.08 bits per heavy atom. The van der Waals surface area contributed by atoms with Gasteiger partial charge in [-0.15, -0.1) is 10.2 Å². The quantitative estimate of drug-likeness (QED) is 0.865. The van der Waals surface area contributed by atoms with Gasteiger partial charge in [0.25, 0.3) is 0 Å². The van der Waals surface area contributed by atoms with Crippen LogP contribution in [0, 0.1) is 5.41 Å². The molecule has 2 atom stereocenters. The summed E-state index contributed by atoms with van der Waals surface area (Å²) in [4.78, 5) is 25.6. The highest BCUT2D eigenvalue weighted by Gasteiger charge is 2.42. The van der Waals surface area contributed by atoms with Crippen molar-refractivity contribution in [3.63, 3.8) is 0 Å². The molecule has 0 aliphatic carbocycles. The number of carbonyl (C=O) groups is 2. The summed E-state index contributed by atoms with van der Waals surface area (Å²) >= 11 is 0. The van der Waals surface area contributed by atoms with Crippen molar-refractivity contribution in [2.75, 3.05) is 13.1 Å². The van der Waals surface area contributed by atoms with E-state index < -0.39 is 11.4 Å². The van der Waals surface area contributed by atoms with Gasteiger partial charge >= 0.3 is 12.0 Å². The van der Waals surface area contributed by atoms with Gasteiger partial charge in [0.05, 0.1) is 11.5 Å². The maximum absolute atomic E-state index is 12.6. The highest BCUT2D eigenvalue weighted by atomic mass is 16.4. The molecule has 1 fully saturated rings. The molecule has 0 bridgehead atoms. The van der Waals surface area contributed by atoms with Crippen LogP contribution < -0.4 is 5.32 Å². The number of likely N-dealkylation sites (tertiary alicyclic amines) is 1. The average Bonchev–Trinajstić information content (AvgIpc) is 3.10. The van der Waals surface area contributed by atoms with Crippen LogP contribution >= 0.6 is 0 Å². The lowest BCUT2D eigenvalue weighted by Gasteiger charge is -2.24. The van der Waals surface area contributed by atoms with Crippen LogP contribution in [0.25, 0.3) is 0 Å². The van der Waals surface area contributed by atoms with Crippen LogP contribution in [0.5, 0.6) is 0 Å². The van der Waals surface area contributed by atoms with E-state index in [1.54, 1.807) is 11.8 Å². The third-order valence-corrected chi connectivity index (χ3v) is 5.43. The van der Waals surface area contributed by atoms with E-state index in [4.69, 9.17) is 0 Å². The van der Waals surface area contributed by atoms with Crippen molar-refractivity contribution in [3.05, 3.63) is 11.6 Å². The molecule has 2 aliphatic rings. The Labute approximate surface area is 147 Å². The number of amides is 2. The summed E-state index contributed by atoms with van der Waals surface area (Å²) in [6.07, 6.45) is 5.54. The van der Waals surface area contributed by atoms with Crippen LogP contribution in [0.15, 0.2) is 0 Å². The lowest BCUT2D eigenvalue weighted by molar-refractivity contribution is -0.147. The standard InChI is InChI=1S/C17H27N5O3/c1-3-12(14-20-19-13-7-5-4-6-9-22(13)14)18-16(25)21-10-8-17(2,11-21)15(23)24/h12H,3-11H2,1-2H3,(H,18,25)(H,23,24). The fourth-order valence-electron chi connectivity index (χ4n) is 3.66. The van der Waals surface area contributed by atoms with E-state index in [1.807, 2.05) is 6.92 Å². The first-order valence-electron chi connectivity index (χ1n) is 9.15. The maximum Gasteiger partial charge on any atom is 0.318 e. The molecule has 2 aliphatic heterocycles. The number of fused-ring (bicyclic) bond motifs is 1. The number of carbonyl (C=O) groups excluding carboxylic acids is 1. The second kappa shape index (κ2) is 7.01. The van der Waals surface area contributed by atoms with Crippen molar-refractivity contribution >= 4 is 12.0 Å². The van der Waals surface area contributed by atoms with Gasteiger partial charge in [-0.2, -0.15) is 0 Å². The molecule has 138 valence electrons. The van der Waals surface area contributed by atoms with E-state index in [-0.39, 0.29) is 18.6 Å². The van der Waals surface area contributed by atoms with Gasteiger partial charge in [-0.05, 0) is 32.6 Å². The molecule has 8 heteroatoms. The maximum atomic E-state index is 12.6. The van der Waals surface area contributed by atoms with Gasteiger partial charge in [0.1, 0.15) is 5.82 Å². The van der Waals surface area contributed by atoms with Crippen molar-refractivity contribution in [3.8, 4) is 0 Å². The molecule has 3 heterocycles.